The molecular formula is C14H25NOS. The molecule has 1 rings (SSSR count). The van der Waals surface area contributed by atoms with Crippen molar-refractivity contribution < 1.29 is 4.74 Å². The number of rotatable bonds is 9. The fraction of sp³-hybridized carbons (Fsp3) is 0.714. The first-order valence-corrected chi connectivity index (χ1v) is 7.44. The molecule has 0 saturated carbocycles. The van der Waals surface area contributed by atoms with Crippen molar-refractivity contribution in [1.82, 2.24) is 5.32 Å². The standard InChI is InChI=1S/C14H25NOS/c1-4-12(5-2)13(11-15-8-9-16-3)14-7-6-10-17-14/h6-7,10,12-13,15H,4-5,8-9,11H2,1-3H3. The first-order valence-electron chi connectivity index (χ1n) is 6.56. The number of hydrogen-bond donors (Lipinski definition) is 1. The van der Waals surface area contributed by atoms with Crippen molar-refractivity contribution >= 4 is 11.3 Å². The van der Waals surface area contributed by atoms with Gasteiger partial charge in [0.25, 0.3) is 0 Å². The van der Waals surface area contributed by atoms with Crippen LogP contribution in [0.5, 0.6) is 0 Å². The lowest BCUT2D eigenvalue weighted by atomic mass is 9.86. The highest BCUT2D eigenvalue weighted by Crippen LogP contribution is 2.31. The molecular weight excluding hydrogens is 230 g/mol. The summed E-state index contributed by atoms with van der Waals surface area (Å²) in [4.78, 5) is 1.52. The van der Waals surface area contributed by atoms with E-state index in [1.54, 1.807) is 7.11 Å². The third kappa shape index (κ3) is 4.78. The van der Waals surface area contributed by atoms with Crippen LogP contribution in [-0.4, -0.2) is 26.8 Å². The van der Waals surface area contributed by atoms with Crippen LogP contribution in [0.3, 0.4) is 0 Å². The fourth-order valence-corrected chi connectivity index (χ4v) is 3.21. The van der Waals surface area contributed by atoms with E-state index in [1.165, 1.54) is 17.7 Å². The SMILES string of the molecule is CCC(CC)C(CNCCOC)c1cccs1. The van der Waals surface area contributed by atoms with Crippen LogP contribution >= 0.6 is 11.3 Å². The number of thiophene rings is 1. The average Bonchev–Trinajstić information content (AvgIpc) is 2.87. The molecule has 98 valence electrons. The maximum atomic E-state index is 5.07. The molecule has 0 saturated heterocycles. The molecule has 0 aliphatic carbocycles. The van der Waals surface area contributed by atoms with Crippen LogP contribution in [0.1, 0.15) is 37.5 Å². The summed E-state index contributed by atoms with van der Waals surface area (Å²) in [6.07, 6.45) is 2.51. The van der Waals surface area contributed by atoms with Gasteiger partial charge in [-0.15, -0.1) is 11.3 Å². The summed E-state index contributed by atoms with van der Waals surface area (Å²) in [6.45, 7) is 7.39. The average molecular weight is 255 g/mol. The third-order valence-electron chi connectivity index (χ3n) is 3.37. The van der Waals surface area contributed by atoms with Crippen LogP contribution in [0, 0.1) is 5.92 Å². The van der Waals surface area contributed by atoms with E-state index in [4.69, 9.17) is 4.74 Å². The molecule has 0 radical (unpaired) electrons. The van der Waals surface area contributed by atoms with Crippen molar-refractivity contribution in [3.8, 4) is 0 Å². The topological polar surface area (TPSA) is 21.3 Å². The Kier molecular flexibility index (Phi) is 7.49. The molecule has 0 aliphatic heterocycles. The van der Waals surface area contributed by atoms with E-state index in [1.807, 2.05) is 11.3 Å². The second-order valence-corrected chi connectivity index (χ2v) is 5.37. The predicted octanol–water partition coefficient (Wildman–Crippen LogP) is 3.50. The highest BCUT2D eigenvalue weighted by Gasteiger charge is 2.20. The van der Waals surface area contributed by atoms with Crippen LogP contribution in [0.4, 0.5) is 0 Å². The molecule has 0 amide bonds. The van der Waals surface area contributed by atoms with Crippen LogP contribution in [0.2, 0.25) is 0 Å². The van der Waals surface area contributed by atoms with Crippen LogP contribution < -0.4 is 5.32 Å². The van der Waals surface area contributed by atoms with Gasteiger partial charge in [-0.3, -0.25) is 0 Å². The molecule has 1 heterocycles. The summed E-state index contributed by atoms with van der Waals surface area (Å²) in [5.74, 6) is 1.44. The maximum absolute atomic E-state index is 5.07. The van der Waals surface area contributed by atoms with Gasteiger partial charge in [-0.1, -0.05) is 32.8 Å². The normalized spacial score (nSPS) is 13.2. The summed E-state index contributed by atoms with van der Waals surface area (Å²) >= 11 is 1.88. The molecule has 0 bridgehead atoms. The zero-order valence-electron chi connectivity index (χ0n) is 11.2. The first kappa shape index (κ1) is 14.7. The first-order chi connectivity index (χ1) is 8.33. The Morgan fingerprint density at radius 2 is 2.12 bits per heavy atom. The lowest BCUT2D eigenvalue weighted by Crippen LogP contribution is -2.28. The van der Waals surface area contributed by atoms with E-state index in [-0.39, 0.29) is 0 Å². The van der Waals surface area contributed by atoms with Gasteiger partial charge in [-0.05, 0) is 17.4 Å². The van der Waals surface area contributed by atoms with Crippen molar-refractivity contribution in [3.63, 3.8) is 0 Å². The van der Waals surface area contributed by atoms with Crippen LogP contribution in [0.25, 0.3) is 0 Å². The van der Waals surface area contributed by atoms with Gasteiger partial charge in [-0.25, -0.2) is 0 Å². The molecule has 17 heavy (non-hydrogen) atoms. The van der Waals surface area contributed by atoms with E-state index in [9.17, 15) is 0 Å². The Morgan fingerprint density at radius 1 is 1.35 bits per heavy atom. The second kappa shape index (κ2) is 8.67. The van der Waals surface area contributed by atoms with Crippen molar-refractivity contribution in [2.24, 2.45) is 5.92 Å². The van der Waals surface area contributed by atoms with Crippen LogP contribution in [-0.2, 0) is 4.74 Å². The highest BCUT2D eigenvalue weighted by molar-refractivity contribution is 7.10. The van der Waals surface area contributed by atoms with Crippen molar-refractivity contribution in [1.29, 1.82) is 0 Å². The Hall–Kier alpha value is -0.380. The summed E-state index contributed by atoms with van der Waals surface area (Å²) in [6, 6.07) is 4.43. The van der Waals surface area contributed by atoms with Gasteiger partial charge in [-0.2, -0.15) is 0 Å². The Bertz CT molecular complexity index is 270. The van der Waals surface area contributed by atoms with Gasteiger partial charge in [0, 0.05) is 31.0 Å². The molecule has 0 spiro atoms. The monoisotopic (exact) mass is 255 g/mol. The second-order valence-electron chi connectivity index (χ2n) is 4.40. The minimum atomic E-state index is 0.654. The zero-order valence-corrected chi connectivity index (χ0v) is 12.1. The summed E-state index contributed by atoms with van der Waals surface area (Å²) < 4.78 is 5.07. The predicted molar refractivity (Wildman–Crippen MR) is 75.9 cm³/mol. The summed E-state index contributed by atoms with van der Waals surface area (Å²) in [7, 11) is 1.75. The smallest absolute Gasteiger partial charge is 0.0587 e. The van der Waals surface area contributed by atoms with E-state index >= 15 is 0 Å². The largest absolute Gasteiger partial charge is 0.383 e. The molecule has 0 aromatic carbocycles. The molecule has 1 atom stereocenters. The molecule has 1 aromatic rings. The van der Waals surface area contributed by atoms with Gasteiger partial charge in [0.05, 0.1) is 6.61 Å². The summed E-state index contributed by atoms with van der Waals surface area (Å²) in [5.41, 5.74) is 0. The highest BCUT2D eigenvalue weighted by atomic mass is 32.1. The molecule has 1 unspecified atom stereocenters. The molecule has 1 aromatic heterocycles. The zero-order chi connectivity index (χ0) is 12.5. The molecule has 1 N–H and O–H groups in total. The molecule has 0 aliphatic rings. The van der Waals surface area contributed by atoms with Crippen molar-refractivity contribution in [3.05, 3.63) is 22.4 Å². The Balaban J connectivity index is 2.53. The van der Waals surface area contributed by atoms with Crippen molar-refractivity contribution in [2.75, 3.05) is 26.8 Å². The van der Waals surface area contributed by atoms with Gasteiger partial charge in [0.1, 0.15) is 0 Å². The minimum Gasteiger partial charge on any atom is -0.383 e. The van der Waals surface area contributed by atoms with E-state index in [2.05, 4.69) is 36.7 Å². The van der Waals surface area contributed by atoms with Gasteiger partial charge >= 0.3 is 0 Å². The van der Waals surface area contributed by atoms with Crippen LogP contribution in [0.15, 0.2) is 17.5 Å². The van der Waals surface area contributed by atoms with Crippen molar-refractivity contribution in [2.45, 2.75) is 32.6 Å². The van der Waals surface area contributed by atoms with E-state index < -0.39 is 0 Å². The Morgan fingerprint density at radius 3 is 2.65 bits per heavy atom. The number of hydrogen-bond acceptors (Lipinski definition) is 3. The van der Waals surface area contributed by atoms with Gasteiger partial charge in [0.15, 0.2) is 0 Å². The van der Waals surface area contributed by atoms with E-state index in [0.717, 1.165) is 25.6 Å². The fourth-order valence-electron chi connectivity index (χ4n) is 2.29. The quantitative estimate of drug-likeness (QED) is 0.682. The van der Waals surface area contributed by atoms with Gasteiger partial charge in [0.2, 0.25) is 0 Å². The van der Waals surface area contributed by atoms with Gasteiger partial charge < -0.3 is 10.1 Å². The minimum absolute atomic E-state index is 0.654. The Labute approximate surface area is 109 Å². The van der Waals surface area contributed by atoms with E-state index in [0.29, 0.717) is 5.92 Å². The lowest BCUT2D eigenvalue weighted by Gasteiger charge is -2.24. The number of methoxy groups -OCH3 is 1. The maximum Gasteiger partial charge on any atom is 0.0587 e. The molecule has 2 nitrogen and oxygen atoms in total. The molecule has 3 heteroatoms. The summed E-state index contributed by atoms with van der Waals surface area (Å²) in [5, 5.41) is 5.69. The lowest BCUT2D eigenvalue weighted by molar-refractivity contribution is 0.197. The number of nitrogens with one attached hydrogen (secondary N) is 1. The third-order valence-corrected chi connectivity index (χ3v) is 4.38. The molecule has 0 fully saturated rings. The number of ether oxygens (including phenoxy) is 1.